The molecule has 4 atom stereocenters. The van der Waals surface area contributed by atoms with Crippen LogP contribution < -0.4 is 9.64 Å². The van der Waals surface area contributed by atoms with Crippen LogP contribution in [0.4, 0.5) is 10.5 Å². The first-order valence-electron chi connectivity index (χ1n) is 12.9. The third-order valence-corrected chi connectivity index (χ3v) is 8.29. The topological polar surface area (TPSA) is 114 Å². The van der Waals surface area contributed by atoms with Gasteiger partial charge in [-0.25, -0.2) is 9.78 Å². The summed E-state index contributed by atoms with van der Waals surface area (Å²) in [5, 5.41) is 21.7. The van der Waals surface area contributed by atoms with E-state index in [0.29, 0.717) is 46.9 Å². The van der Waals surface area contributed by atoms with Gasteiger partial charge in [-0.15, -0.1) is 0 Å². The number of amides is 1. The van der Waals surface area contributed by atoms with Gasteiger partial charge < -0.3 is 24.3 Å². The molecule has 0 bridgehead atoms. The van der Waals surface area contributed by atoms with Gasteiger partial charge in [0.2, 0.25) is 0 Å². The molecule has 1 saturated carbocycles. The minimum Gasteiger partial charge on any atom is -0.497 e. The van der Waals surface area contributed by atoms with Gasteiger partial charge in [0.1, 0.15) is 17.7 Å². The molecule has 0 unspecified atom stereocenters. The number of imidazole rings is 1. The lowest BCUT2D eigenvalue weighted by atomic mass is 9.85. The molecule has 1 aromatic heterocycles. The zero-order valence-electron chi connectivity index (χ0n) is 21.7. The highest BCUT2D eigenvalue weighted by Gasteiger charge is 2.35. The second-order valence-electron chi connectivity index (χ2n) is 10.1. The number of aliphatic carboxylic acids is 1. The summed E-state index contributed by atoms with van der Waals surface area (Å²) in [4.78, 5) is 31.1. The highest BCUT2D eigenvalue weighted by atomic mass is 35.5. The van der Waals surface area contributed by atoms with Crippen molar-refractivity contribution < 1.29 is 29.3 Å². The van der Waals surface area contributed by atoms with Gasteiger partial charge in [0.25, 0.3) is 0 Å². The molecule has 202 valence electrons. The number of nitrogens with zero attached hydrogens (tertiary/aromatic N) is 3. The number of fused-ring (bicyclic) bond motifs is 3. The number of aliphatic hydroxyl groups excluding tert-OH is 1. The molecule has 9 nitrogen and oxygen atoms in total. The number of hydrogen-bond acceptors (Lipinski definition) is 6. The largest absolute Gasteiger partial charge is 0.497 e. The van der Waals surface area contributed by atoms with Gasteiger partial charge in [-0.1, -0.05) is 24.1 Å². The van der Waals surface area contributed by atoms with E-state index >= 15 is 0 Å². The van der Waals surface area contributed by atoms with Gasteiger partial charge in [-0.05, 0) is 63.3 Å². The predicted octanol–water partition coefficient (Wildman–Crippen LogP) is 5.50. The lowest BCUT2D eigenvalue weighted by Crippen LogP contribution is -2.42. The number of carbonyl (C=O) groups excluding carboxylic acids is 1. The van der Waals surface area contributed by atoms with Gasteiger partial charge in [0.15, 0.2) is 0 Å². The molecular formula is C28H32ClN3O6. The Morgan fingerprint density at radius 3 is 2.63 bits per heavy atom. The van der Waals surface area contributed by atoms with Crippen LogP contribution >= 0.6 is 11.6 Å². The second-order valence-corrected chi connectivity index (χ2v) is 10.6. The zero-order chi connectivity index (χ0) is 27.1. The van der Waals surface area contributed by atoms with Gasteiger partial charge >= 0.3 is 12.1 Å². The van der Waals surface area contributed by atoms with Crippen LogP contribution in [0.25, 0.3) is 11.0 Å². The number of carbonyl (C=O) groups is 2. The van der Waals surface area contributed by atoms with Crippen molar-refractivity contribution in [2.45, 2.75) is 63.6 Å². The quantitative estimate of drug-likeness (QED) is 0.438. The number of methoxy groups -OCH3 is 2. The molecule has 1 fully saturated rings. The number of carboxylic acid groups (broad SMARTS) is 1. The third-order valence-electron chi connectivity index (χ3n) is 7.96. The standard InChI is InChI=1S/C28H32ClN3O6/c1-15-7-9-20-22(31(15)28(36)38-3)11-12-23-24(20)30-26(25(33)19-10-8-18(37-2)14-21(19)29)32(23)17-6-4-5-16(13-17)27(34)35/h8,10-12,14-17,25,33H,4-7,9,13H2,1-3H3,(H,34,35)/t15-,16+,17+,25-/m0/s1. The van der Waals surface area contributed by atoms with Crippen molar-refractivity contribution >= 4 is 40.4 Å². The molecule has 0 radical (unpaired) electrons. The van der Waals surface area contributed by atoms with E-state index in [1.807, 2.05) is 23.6 Å². The smallest absolute Gasteiger partial charge is 0.414 e. The minimum atomic E-state index is -1.15. The van der Waals surface area contributed by atoms with E-state index in [2.05, 4.69) is 0 Å². The number of aryl methyl sites for hydroxylation is 1. The predicted molar refractivity (Wildman–Crippen MR) is 143 cm³/mol. The van der Waals surface area contributed by atoms with Crippen molar-refractivity contribution in [2.75, 3.05) is 19.1 Å². The van der Waals surface area contributed by atoms with Crippen LogP contribution in [0.1, 0.15) is 68.1 Å². The number of hydrogen-bond donors (Lipinski definition) is 2. The molecule has 1 aliphatic carbocycles. The number of aromatic nitrogens is 2. The van der Waals surface area contributed by atoms with Crippen LogP contribution in [0, 0.1) is 5.92 Å². The van der Waals surface area contributed by atoms with E-state index in [0.717, 1.165) is 36.0 Å². The van der Waals surface area contributed by atoms with Crippen LogP contribution in [0.5, 0.6) is 5.75 Å². The maximum Gasteiger partial charge on any atom is 0.414 e. The monoisotopic (exact) mass is 541 g/mol. The summed E-state index contributed by atoms with van der Waals surface area (Å²) in [6.45, 7) is 1.98. The summed E-state index contributed by atoms with van der Waals surface area (Å²) in [5.74, 6) is -0.296. The first-order chi connectivity index (χ1) is 18.2. The van der Waals surface area contributed by atoms with E-state index in [-0.39, 0.29) is 12.1 Å². The Morgan fingerprint density at radius 2 is 1.95 bits per heavy atom. The summed E-state index contributed by atoms with van der Waals surface area (Å²) >= 11 is 6.54. The molecule has 2 aliphatic rings. The van der Waals surface area contributed by atoms with Gasteiger partial charge in [0, 0.05) is 23.2 Å². The lowest BCUT2D eigenvalue weighted by Gasteiger charge is -2.34. The van der Waals surface area contributed by atoms with Crippen molar-refractivity contribution in [1.29, 1.82) is 0 Å². The first-order valence-corrected chi connectivity index (χ1v) is 13.3. The van der Waals surface area contributed by atoms with E-state index in [1.54, 1.807) is 30.2 Å². The molecule has 5 rings (SSSR count). The Kier molecular flexibility index (Phi) is 7.24. The number of ether oxygens (including phenoxy) is 2. The average molecular weight is 542 g/mol. The average Bonchev–Trinajstić information content (AvgIpc) is 3.32. The zero-order valence-corrected chi connectivity index (χ0v) is 22.4. The first kappa shape index (κ1) is 26.3. The van der Waals surface area contributed by atoms with E-state index < -0.39 is 24.1 Å². The number of benzene rings is 2. The lowest BCUT2D eigenvalue weighted by molar-refractivity contribution is -0.143. The molecule has 2 N–H and O–H groups in total. The SMILES string of the molecule is COC(=O)N1c2ccc3c(nc([C@@H](O)c4ccc(OC)cc4Cl)n3[C@@H]3CCC[C@@H](C(=O)O)C3)c2CC[C@@H]1C. The Morgan fingerprint density at radius 1 is 1.16 bits per heavy atom. The maximum atomic E-state index is 12.6. The molecule has 0 spiro atoms. The highest BCUT2D eigenvalue weighted by molar-refractivity contribution is 6.31. The molecular weight excluding hydrogens is 510 g/mol. The summed E-state index contributed by atoms with van der Waals surface area (Å²) in [7, 11) is 2.91. The van der Waals surface area contributed by atoms with Gasteiger partial charge in [-0.3, -0.25) is 9.69 Å². The second kappa shape index (κ2) is 10.5. The van der Waals surface area contributed by atoms with Crippen LogP contribution in [0.2, 0.25) is 5.02 Å². The molecule has 0 saturated heterocycles. The Labute approximate surface area is 225 Å². The minimum absolute atomic E-state index is 0.0349. The van der Waals surface area contributed by atoms with Crippen LogP contribution in [-0.4, -0.2) is 52.1 Å². The number of anilines is 1. The summed E-state index contributed by atoms with van der Waals surface area (Å²) in [6, 6.07) is 8.71. The summed E-state index contributed by atoms with van der Waals surface area (Å²) in [5.41, 5.74) is 3.62. The molecule has 1 amide bonds. The third kappa shape index (κ3) is 4.47. The van der Waals surface area contributed by atoms with E-state index in [4.69, 9.17) is 26.1 Å². The molecule has 10 heteroatoms. The van der Waals surface area contributed by atoms with Crippen LogP contribution in [-0.2, 0) is 16.0 Å². The van der Waals surface area contributed by atoms with Crippen molar-refractivity contribution in [1.82, 2.24) is 9.55 Å². The molecule has 2 heterocycles. The van der Waals surface area contributed by atoms with E-state index in [1.165, 1.54) is 7.11 Å². The van der Waals surface area contributed by atoms with E-state index in [9.17, 15) is 19.8 Å². The number of halogens is 1. The molecule has 3 aromatic rings. The van der Waals surface area contributed by atoms with Crippen molar-refractivity contribution in [2.24, 2.45) is 5.92 Å². The summed E-state index contributed by atoms with van der Waals surface area (Å²) < 4.78 is 12.3. The fourth-order valence-electron chi connectivity index (χ4n) is 5.99. The van der Waals surface area contributed by atoms with Crippen LogP contribution in [0.3, 0.4) is 0 Å². The molecule has 38 heavy (non-hydrogen) atoms. The Hall–Kier alpha value is -3.30. The van der Waals surface area contributed by atoms with Gasteiger partial charge in [-0.2, -0.15) is 0 Å². The molecule has 1 aliphatic heterocycles. The highest BCUT2D eigenvalue weighted by Crippen LogP contribution is 2.43. The number of carboxylic acids is 1. The van der Waals surface area contributed by atoms with Gasteiger partial charge in [0.05, 0.1) is 41.9 Å². The van der Waals surface area contributed by atoms with Crippen LogP contribution in [0.15, 0.2) is 30.3 Å². The molecule has 2 aromatic carbocycles. The van der Waals surface area contributed by atoms with Crippen molar-refractivity contribution in [3.8, 4) is 5.75 Å². The Bertz CT molecular complexity index is 1390. The number of aliphatic hydroxyl groups is 1. The Balaban J connectivity index is 1.70. The fraction of sp³-hybridized carbons (Fsp3) is 0.464. The number of rotatable bonds is 5. The normalized spacial score (nSPS) is 22.1. The van der Waals surface area contributed by atoms with Crippen molar-refractivity contribution in [3.63, 3.8) is 0 Å². The van der Waals surface area contributed by atoms with Crippen molar-refractivity contribution in [3.05, 3.63) is 52.3 Å². The maximum absolute atomic E-state index is 12.6. The fourth-order valence-corrected chi connectivity index (χ4v) is 6.26. The summed E-state index contributed by atoms with van der Waals surface area (Å²) in [6.07, 6.45) is 2.47.